The van der Waals surface area contributed by atoms with Gasteiger partial charge >= 0.3 is 0 Å². The molecule has 0 amide bonds. The molecule has 2 aromatic rings. The van der Waals surface area contributed by atoms with Gasteiger partial charge in [-0.25, -0.2) is 0 Å². The standard InChI is InChI=1S/C22H19Cl2N3OS2/c1-2-29-22-15(6-7-30-22)19-16(11-25)21(26)27(14-9-12(23)8-13(24)10-14)17-4-3-5-18(28)20(17)19/h6-10,19H,2-5,26H2,1H3/t19-/m1/s1. The van der Waals surface area contributed by atoms with Crippen LogP contribution in [-0.4, -0.2) is 11.5 Å². The van der Waals surface area contributed by atoms with Crippen molar-refractivity contribution in [1.29, 1.82) is 5.26 Å². The average molecular weight is 476 g/mol. The number of hydrogen-bond donors (Lipinski definition) is 1. The molecule has 1 atom stereocenters. The number of halogens is 2. The highest BCUT2D eigenvalue weighted by molar-refractivity contribution is 8.01. The minimum Gasteiger partial charge on any atom is -0.384 e. The summed E-state index contributed by atoms with van der Waals surface area (Å²) in [7, 11) is 0. The summed E-state index contributed by atoms with van der Waals surface area (Å²) in [5, 5.41) is 13.0. The highest BCUT2D eigenvalue weighted by Gasteiger charge is 2.41. The number of carbonyl (C=O) groups excluding carboxylic acids is 1. The first kappa shape index (κ1) is 21.3. The number of allylic oxidation sites excluding steroid dienone is 3. The third kappa shape index (κ3) is 3.65. The minimum absolute atomic E-state index is 0.0678. The Bertz CT molecular complexity index is 1110. The van der Waals surface area contributed by atoms with Crippen LogP contribution in [0.1, 0.15) is 37.7 Å². The van der Waals surface area contributed by atoms with E-state index in [4.69, 9.17) is 28.9 Å². The SMILES string of the molecule is CCSc1sccc1[C@@H]1C(C#N)=C(N)N(c2cc(Cl)cc(Cl)c2)C2=C1C(=O)CCC2. The van der Waals surface area contributed by atoms with Gasteiger partial charge in [-0.2, -0.15) is 5.26 Å². The fourth-order valence-electron chi connectivity index (χ4n) is 4.13. The monoisotopic (exact) mass is 475 g/mol. The van der Waals surface area contributed by atoms with Gasteiger partial charge in [-0.3, -0.25) is 9.69 Å². The van der Waals surface area contributed by atoms with Crippen molar-refractivity contribution in [2.45, 2.75) is 36.3 Å². The van der Waals surface area contributed by atoms with Crippen molar-refractivity contribution in [3.8, 4) is 6.07 Å². The van der Waals surface area contributed by atoms with E-state index in [2.05, 4.69) is 13.0 Å². The number of thiophene rings is 1. The molecule has 1 aliphatic heterocycles. The Morgan fingerprint density at radius 2 is 2.03 bits per heavy atom. The number of rotatable bonds is 4. The van der Waals surface area contributed by atoms with Crippen LogP contribution in [-0.2, 0) is 4.79 Å². The van der Waals surface area contributed by atoms with Crippen molar-refractivity contribution < 1.29 is 4.79 Å². The molecule has 0 spiro atoms. The second-order valence-corrected chi connectivity index (χ2v) is 10.4. The van der Waals surface area contributed by atoms with Crippen LogP contribution in [0.15, 0.2) is 56.5 Å². The number of benzene rings is 1. The third-order valence-corrected chi connectivity index (χ3v) is 7.85. The van der Waals surface area contributed by atoms with E-state index in [1.54, 1.807) is 46.2 Å². The molecule has 0 unspecified atom stereocenters. The molecule has 30 heavy (non-hydrogen) atoms. The summed E-state index contributed by atoms with van der Waals surface area (Å²) in [6.45, 7) is 2.09. The van der Waals surface area contributed by atoms with Crippen LogP contribution in [0.4, 0.5) is 5.69 Å². The minimum atomic E-state index is -0.441. The number of Topliss-reactive ketones (excluding diaryl/α,β-unsaturated/α-hetero) is 1. The lowest BCUT2D eigenvalue weighted by atomic mass is 9.76. The van der Waals surface area contributed by atoms with Crippen molar-refractivity contribution >= 4 is 57.8 Å². The largest absolute Gasteiger partial charge is 0.384 e. The van der Waals surface area contributed by atoms with Crippen molar-refractivity contribution in [3.05, 3.63) is 67.9 Å². The van der Waals surface area contributed by atoms with Crippen molar-refractivity contribution in [3.63, 3.8) is 0 Å². The molecule has 0 radical (unpaired) electrons. The Labute approximate surface area is 194 Å². The van der Waals surface area contributed by atoms with Crippen molar-refractivity contribution in [2.24, 2.45) is 5.73 Å². The first-order valence-corrected chi connectivity index (χ1v) is 12.2. The molecular weight excluding hydrogens is 457 g/mol. The van der Waals surface area contributed by atoms with Crippen LogP contribution >= 0.6 is 46.3 Å². The van der Waals surface area contributed by atoms with E-state index in [0.29, 0.717) is 45.5 Å². The summed E-state index contributed by atoms with van der Waals surface area (Å²) in [4.78, 5) is 15.0. The molecule has 1 aliphatic carbocycles. The first-order valence-electron chi connectivity index (χ1n) is 9.58. The number of nitrogens with two attached hydrogens (primary N) is 1. The molecule has 0 saturated carbocycles. The van der Waals surface area contributed by atoms with Crippen molar-refractivity contribution in [1.82, 2.24) is 0 Å². The number of hydrogen-bond acceptors (Lipinski definition) is 6. The first-order chi connectivity index (χ1) is 14.5. The maximum atomic E-state index is 13.2. The molecule has 4 rings (SSSR count). The van der Waals surface area contributed by atoms with Gasteiger partial charge in [0.25, 0.3) is 0 Å². The number of thioether (sulfide) groups is 1. The van der Waals surface area contributed by atoms with Gasteiger partial charge in [0.1, 0.15) is 5.82 Å². The van der Waals surface area contributed by atoms with Gasteiger partial charge in [-0.1, -0.05) is 30.1 Å². The van der Waals surface area contributed by atoms with E-state index in [1.165, 1.54) is 0 Å². The van der Waals surface area contributed by atoms with Gasteiger partial charge in [-0.15, -0.1) is 23.1 Å². The fourth-order valence-corrected chi connectivity index (χ4v) is 6.71. The third-order valence-electron chi connectivity index (χ3n) is 5.26. The zero-order valence-electron chi connectivity index (χ0n) is 16.2. The molecule has 1 aromatic heterocycles. The molecule has 2 aliphatic rings. The quantitative estimate of drug-likeness (QED) is 0.512. The highest BCUT2D eigenvalue weighted by Crippen LogP contribution is 2.49. The summed E-state index contributed by atoms with van der Waals surface area (Å²) < 4.78 is 1.12. The maximum Gasteiger partial charge on any atom is 0.161 e. The van der Waals surface area contributed by atoms with E-state index < -0.39 is 5.92 Å². The zero-order valence-corrected chi connectivity index (χ0v) is 19.4. The van der Waals surface area contributed by atoms with Gasteiger partial charge in [0.15, 0.2) is 5.78 Å². The summed E-state index contributed by atoms with van der Waals surface area (Å²) in [6.07, 6.45) is 1.91. The van der Waals surface area contributed by atoms with E-state index in [1.807, 2.05) is 11.4 Å². The van der Waals surface area contributed by atoms with Crippen LogP contribution in [0.25, 0.3) is 0 Å². The van der Waals surface area contributed by atoms with Crippen LogP contribution in [0.2, 0.25) is 10.0 Å². The predicted octanol–water partition coefficient (Wildman–Crippen LogP) is 6.47. The molecule has 1 aromatic carbocycles. The van der Waals surface area contributed by atoms with Gasteiger partial charge in [0, 0.05) is 27.7 Å². The Balaban J connectivity index is 1.97. The van der Waals surface area contributed by atoms with E-state index in [9.17, 15) is 10.1 Å². The second kappa shape index (κ2) is 8.68. The van der Waals surface area contributed by atoms with Gasteiger partial charge in [0.05, 0.1) is 27.5 Å². The number of ketones is 1. The second-order valence-electron chi connectivity index (χ2n) is 7.04. The summed E-state index contributed by atoms with van der Waals surface area (Å²) >= 11 is 15.8. The summed E-state index contributed by atoms with van der Waals surface area (Å²) in [5.74, 6) is 0.865. The Kier molecular flexibility index (Phi) is 6.17. The smallest absolute Gasteiger partial charge is 0.161 e. The number of nitrogens with zero attached hydrogens (tertiary/aromatic N) is 2. The maximum absolute atomic E-state index is 13.2. The molecule has 0 saturated heterocycles. The van der Waals surface area contributed by atoms with Gasteiger partial charge in [-0.05, 0) is 53.8 Å². The fraction of sp³-hybridized carbons (Fsp3) is 0.273. The summed E-state index contributed by atoms with van der Waals surface area (Å²) in [6, 6.07) is 9.46. The Morgan fingerprint density at radius 1 is 1.30 bits per heavy atom. The molecule has 0 bridgehead atoms. The van der Waals surface area contributed by atoms with Crippen molar-refractivity contribution in [2.75, 3.05) is 10.7 Å². The number of nitriles is 1. The average Bonchev–Trinajstić information content (AvgIpc) is 3.14. The van der Waals surface area contributed by atoms with Crippen LogP contribution in [0, 0.1) is 11.3 Å². The molecule has 2 N–H and O–H groups in total. The predicted molar refractivity (Wildman–Crippen MR) is 125 cm³/mol. The van der Waals surface area contributed by atoms with Crippen LogP contribution in [0.3, 0.4) is 0 Å². The van der Waals surface area contributed by atoms with E-state index >= 15 is 0 Å². The molecular formula is C22H19Cl2N3OS2. The van der Waals surface area contributed by atoms with E-state index in [0.717, 1.165) is 27.6 Å². The molecule has 8 heteroatoms. The van der Waals surface area contributed by atoms with Gasteiger partial charge in [0.2, 0.25) is 0 Å². The zero-order chi connectivity index (χ0) is 21.4. The molecule has 154 valence electrons. The Morgan fingerprint density at radius 3 is 2.70 bits per heavy atom. The topological polar surface area (TPSA) is 70.1 Å². The number of anilines is 1. The lowest BCUT2D eigenvalue weighted by Crippen LogP contribution is -2.38. The molecule has 4 nitrogen and oxygen atoms in total. The molecule has 2 heterocycles. The lowest BCUT2D eigenvalue weighted by Gasteiger charge is -2.39. The highest BCUT2D eigenvalue weighted by atomic mass is 35.5. The van der Waals surface area contributed by atoms with E-state index in [-0.39, 0.29) is 5.78 Å². The molecule has 0 fully saturated rings. The number of carbonyl (C=O) groups is 1. The Hall–Kier alpha value is -1.91. The summed E-state index contributed by atoms with van der Waals surface area (Å²) in [5.41, 5.74) is 10.1. The van der Waals surface area contributed by atoms with Gasteiger partial charge < -0.3 is 5.73 Å². The van der Waals surface area contributed by atoms with Crippen LogP contribution in [0.5, 0.6) is 0 Å². The normalized spacial score (nSPS) is 19.2. The van der Waals surface area contributed by atoms with Crippen LogP contribution < -0.4 is 10.6 Å². The lowest BCUT2D eigenvalue weighted by molar-refractivity contribution is -0.116.